The molecule has 144 valence electrons. The first kappa shape index (κ1) is 18.1. The zero-order valence-electron chi connectivity index (χ0n) is 15.0. The van der Waals surface area contributed by atoms with Crippen molar-refractivity contribution < 1.29 is 28.2 Å². The number of esters is 1. The molecular weight excluding hydrogens is 382 g/mol. The van der Waals surface area contributed by atoms with Gasteiger partial charge in [-0.25, -0.2) is 4.79 Å². The van der Waals surface area contributed by atoms with Crippen molar-refractivity contribution in [2.75, 3.05) is 25.1 Å². The third kappa shape index (κ3) is 3.46. The van der Waals surface area contributed by atoms with E-state index in [9.17, 15) is 9.59 Å². The monoisotopic (exact) mass is 399 g/mol. The zero-order chi connectivity index (χ0) is 19.5. The number of thiophene rings is 1. The minimum atomic E-state index is -0.521. The van der Waals surface area contributed by atoms with Gasteiger partial charge in [0.2, 0.25) is 0 Å². The van der Waals surface area contributed by atoms with Crippen molar-refractivity contribution in [1.29, 1.82) is 0 Å². The maximum atomic E-state index is 12.8. The molecule has 0 fully saturated rings. The highest BCUT2D eigenvalue weighted by atomic mass is 32.1. The van der Waals surface area contributed by atoms with E-state index < -0.39 is 5.97 Å². The van der Waals surface area contributed by atoms with Crippen molar-refractivity contribution in [3.8, 4) is 22.8 Å². The molecule has 0 radical (unpaired) electrons. The SMILES string of the molecule is CCOC(=O)c1c(-c2ccco2)csc1NC(=O)c1ccc2c(c1)OCCO2. The lowest BCUT2D eigenvalue weighted by atomic mass is 10.1. The zero-order valence-corrected chi connectivity index (χ0v) is 15.8. The molecule has 0 saturated carbocycles. The van der Waals surface area contributed by atoms with Crippen LogP contribution in [-0.2, 0) is 4.74 Å². The van der Waals surface area contributed by atoms with E-state index in [4.69, 9.17) is 18.6 Å². The second kappa shape index (κ2) is 7.77. The van der Waals surface area contributed by atoms with Gasteiger partial charge in [-0.3, -0.25) is 4.79 Å². The Morgan fingerprint density at radius 3 is 2.75 bits per heavy atom. The standard InChI is InChI=1S/C20H17NO6S/c1-2-24-20(23)17-13(14-4-3-7-25-14)11-28-19(17)21-18(22)12-5-6-15-16(10-12)27-9-8-26-15/h3-7,10-11H,2,8-9H2,1H3,(H,21,22). The molecule has 1 aromatic carbocycles. The van der Waals surface area contributed by atoms with Gasteiger partial charge >= 0.3 is 5.97 Å². The highest BCUT2D eigenvalue weighted by molar-refractivity contribution is 7.15. The summed E-state index contributed by atoms with van der Waals surface area (Å²) in [6.45, 7) is 2.86. The summed E-state index contributed by atoms with van der Waals surface area (Å²) in [5, 5.41) is 4.94. The van der Waals surface area contributed by atoms with Gasteiger partial charge in [0.25, 0.3) is 5.91 Å². The summed E-state index contributed by atoms with van der Waals surface area (Å²) in [6, 6.07) is 8.44. The summed E-state index contributed by atoms with van der Waals surface area (Å²) in [5.74, 6) is 0.764. The number of amides is 1. The Morgan fingerprint density at radius 2 is 2.00 bits per heavy atom. The summed E-state index contributed by atoms with van der Waals surface area (Å²) in [6.07, 6.45) is 1.52. The van der Waals surface area contributed by atoms with Crippen LogP contribution in [0.4, 0.5) is 5.00 Å². The van der Waals surface area contributed by atoms with Gasteiger partial charge in [0.05, 0.1) is 12.9 Å². The quantitative estimate of drug-likeness (QED) is 0.647. The average Bonchev–Trinajstić information content (AvgIpc) is 3.37. The fourth-order valence-electron chi connectivity index (χ4n) is 2.83. The van der Waals surface area contributed by atoms with Crippen LogP contribution in [0.2, 0.25) is 0 Å². The summed E-state index contributed by atoms with van der Waals surface area (Å²) >= 11 is 1.23. The Balaban J connectivity index is 1.64. The van der Waals surface area contributed by atoms with Gasteiger partial charge in [0, 0.05) is 16.5 Å². The highest BCUT2D eigenvalue weighted by Crippen LogP contribution is 2.37. The maximum Gasteiger partial charge on any atom is 0.341 e. The fourth-order valence-corrected chi connectivity index (χ4v) is 3.76. The number of benzene rings is 1. The van der Waals surface area contributed by atoms with E-state index in [0.29, 0.717) is 46.6 Å². The molecule has 1 aliphatic heterocycles. The predicted octanol–water partition coefficient (Wildman–Crippen LogP) is 4.21. The molecule has 1 aliphatic rings. The first-order chi connectivity index (χ1) is 13.7. The smallest absolute Gasteiger partial charge is 0.341 e. The van der Waals surface area contributed by atoms with Crippen molar-refractivity contribution in [1.82, 2.24) is 0 Å². The molecule has 7 nitrogen and oxygen atoms in total. The Kier molecular flexibility index (Phi) is 5.03. The van der Waals surface area contributed by atoms with Gasteiger partial charge in [0.15, 0.2) is 11.5 Å². The predicted molar refractivity (Wildman–Crippen MR) is 103 cm³/mol. The number of fused-ring (bicyclic) bond motifs is 1. The van der Waals surface area contributed by atoms with E-state index in [2.05, 4.69) is 5.32 Å². The van der Waals surface area contributed by atoms with Crippen LogP contribution >= 0.6 is 11.3 Å². The molecule has 0 bridgehead atoms. The Hall–Kier alpha value is -3.26. The molecule has 3 aromatic rings. The van der Waals surface area contributed by atoms with E-state index in [1.165, 1.54) is 17.6 Å². The molecule has 1 N–H and O–H groups in total. The van der Waals surface area contributed by atoms with Crippen LogP contribution in [0, 0.1) is 0 Å². The number of hydrogen-bond donors (Lipinski definition) is 1. The molecule has 0 unspecified atom stereocenters. The lowest BCUT2D eigenvalue weighted by Crippen LogP contribution is -2.18. The Bertz CT molecular complexity index is 1010. The van der Waals surface area contributed by atoms with E-state index in [-0.39, 0.29) is 18.1 Å². The normalized spacial score (nSPS) is 12.5. The van der Waals surface area contributed by atoms with Gasteiger partial charge < -0.3 is 23.9 Å². The number of hydrogen-bond acceptors (Lipinski definition) is 7. The van der Waals surface area contributed by atoms with E-state index in [1.54, 1.807) is 42.6 Å². The number of carbonyl (C=O) groups excluding carboxylic acids is 2. The Labute approximate surface area is 164 Å². The summed E-state index contributed by atoms with van der Waals surface area (Å²) in [7, 11) is 0. The van der Waals surface area contributed by atoms with Crippen molar-refractivity contribution in [3.05, 3.63) is 53.1 Å². The van der Waals surface area contributed by atoms with Crippen LogP contribution < -0.4 is 14.8 Å². The Morgan fingerprint density at radius 1 is 1.18 bits per heavy atom. The first-order valence-corrected chi connectivity index (χ1v) is 9.59. The van der Waals surface area contributed by atoms with Crippen LogP contribution in [0.15, 0.2) is 46.4 Å². The lowest BCUT2D eigenvalue weighted by Gasteiger charge is -2.18. The number of carbonyl (C=O) groups is 2. The molecule has 28 heavy (non-hydrogen) atoms. The second-order valence-corrected chi connectivity index (χ2v) is 6.74. The number of anilines is 1. The van der Waals surface area contributed by atoms with Crippen molar-refractivity contribution in [3.63, 3.8) is 0 Å². The van der Waals surface area contributed by atoms with Crippen molar-refractivity contribution >= 4 is 28.2 Å². The maximum absolute atomic E-state index is 12.8. The number of rotatable bonds is 5. The third-order valence-corrected chi connectivity index (χ3v) is 4.98. The second-order valence-electron chi connectivity index (χ2n) is 5.86. The molecule has 1 amide bonds. The highest BCUT2D eigenvalue weighted by Gasteiger charge is 2.25. The first-order valence-electron chi connectivity index (χ1n) is 8.71. The van der Waals surface area contributed by atoms with Gasteiger partial charge in [0.1, 0.15) is 29.5 Å². The summed E-state index contributed by atoms with van der Waals surface area (Å²) in [5.41, 5.74) is 1.24. The van der Waals surface area contributed by atoms with Gasteiger partial charge in [-0.05, 0) is 37.3 Å². The number of furan rings is 1. The molecule has 2 aromatic heterocycles. The summed E-state index contributed by atoms with van der Waals surface area (Å²) in [4.78, 5) is 25.3. The van der Waals surface area contributed by atoms with E-state index in [0.717, 1.165) is 0 Å². The lowest BCUT2D eigenvalue weighted by molar-refractivity contribution is 0.0529. The topological polar surface area (TPSA) is 87.0 Å². The number of nitrogens with one attached hydrogen (secondary N) is 1. The van der Waals surface area contributed by atoms with Crippen LogP contribution in [0.25, 0.3) is 11.3 Å². The average molecular weight is 399 g/mol. The minimum Gasteiger partial charge on any atom is -0.486 e. The largest absolute Gasteiger partial charge is 0.486 e. The van der Waals surface area contributed by atoms with Gasteiger partial charge in [-0.2, -0.15) is 0 Å². The molecule has 3 heterocycles. The van der Waals surface area contributed by atoms with E-state index >= 15 is 0 Å². The van der Waals surface area contributed by atoms with Crippen LogP contribution in [0.1, 0.15) is 27.6 Å². The fraction of sp³-hybridized carbons (Fsp3) is 0.200. The molecular formula is C20H17NO6S. The third-order valence-electron chi connectivity index (χ3n) is 4.09. The minimum absolute atomic E-state index is 0.224. The van der Waals surface area contributed by atoms with Crippen molar-refractivity contribution in [2.24, 2.45) is 0 Å². The van der Waals surface area contributed by atoms with Crippen LogP contribution in [0.3, 0.4) is 0 Å². The van der Waals surface area contributed by atoms with Crippen LogP contribution in [-0.4, -0.2) is 31.7 Å². The molecule has 0 saturated heterocycles. The number of ether oxygens (including phenoxy) is 3. The summed E-state index contributed by atoms with van der Waals surface area (Å²) < 4.78 is 21.6. The van der Waals surface area contributed by atoms with Crippen molar-refractivity contribution in [2.45, 2.75) is 6.92 Å². The van der Waals surface area contributed by atoms with Gasteiger partial charge in [-0.15, -0.1) is 11.3 Å². The molecule has 0 atom stereocenters. The molecule has 4 rings (SSSR count). The molecule has 8 heteroatoms. The van der Waals surface area contributed by atoms with E-state index in [1.807, 2.05) is 0 Å². The van der Waals surface area contributed by atoms with Gasteiger partial charge in [-0.1, -0.05) is 0 Å². The molecule has 0 aliphatic carbocycles. The van der Waals surface area contributed by atoms with Crippen LogP contribution in [0.5, 0.6) is 11.5 Å². The molecule has 0 spiro atoms.